The zero-order valence-corrected chi connectivity index (χ0v) is 10.5. The van der Waals surface area contributed by atoms with Gasteiger partial charge in [-0.25, -0.2) is 0 Å². The molecule has 76 valence electrons. The van der Waals surface area contributed by atoms with Crippen molar-refractivity contribution in [1.82, 2.24) is 0 Å². The van der Waals surface area contributed by atoms with E-state index in [0.29, 0.717) is 0 Å². The zero-order valence-electron chi connectivity index (χ0n) is 8.30. The molecule has 2 rings (SSSR count). The van der Waals surface area contributed by atoms with Crippen molar-refractivity contribution in [2.45, 2.75) is 37.6 Å². The van der Waals surface area contributed by atoms with Gasteiger partial charge in [-0.15, -0.1) is 0 Å². The molecule has 0 radical (unpaired) electrons. The topological polar surface area (TPSA) is 26.0 Å². The molecule has 1 saturated carbocycles. The van der Waals surface area contributed by atoms with Crippen molar-refractivity contribution >= 4 is 22.6 Å². The van der Waals surface area contributed by atoms with Crippen molar-refractivity contribution in [2.24, 2.45) is 5.73 Å². The van der Waals surface area contributed by atoms with Crippen molar-refractivity contribution in [3.63, 3.8) is 0 Å². The summed E-state index contributed by atoms with van der Waals surface area (Å²) in [6.45, 7) is 0. The minimum absolute atomic E-state index is 0.0422. The Morgan fingerprint density at radius 2 is 1.86 bits per heavy atom. The van der Waals surface area contributed by atoms with Crippen LogP contribution in [0.1, 0.15) is 37.7 Å². The molecule has 2 N–H and O–H groups in total. The van der Waals surface area contributed by atoms with Gasteiger partial charge in [0.2, 0.25) is 0 Å². The highest BCUT2D eigenvalue weighted by molar-refractivity contribution is 14.1. The van der Waals surface area contributed by atoms with E-state index in [-0.39, 0.29) is 5.54 Å². The summed E-state index contributed by atoms with van der Waals surface area (Å²) in [6, 6.07) is 8.63. The lowest BCUT2D eigenvalue weighted by Crippen LogP contribution is -2.38. The number of benzene rings is 1. The first-order valence-electron chi connectivity index (χ1n) is 5.26. The van der Waals surface area contributed by atoms with Crippen molar-refractivity contribution < 1.29 is 0 Å². The molecule has 0 atom stereocenters. The van der Waals surface area contributed by atoms with Crippen molar-refractivity contribution in [3.05, 3.63) is 33.4 Å². The predicted octanol–water partition coefficient (Wildman–Crippen LogP) is 3.41. The van der Waals surface area contributed by atoms with Crippen LogP contribution in [0.25, 0.3) is 0 Å². The summed E-state index contributed by atoms with van der Waals surface area (Å²) in [5.41, 5.74) is 7.73. The van der Waals surface area contributed by atoms with Gasteiger partial charge in [-0.3, -0.25) is 0 Å². The monoisotopic (exact) mass is 301 g/mol. The van der Waals surface area contributed by atoms with Gasteiger partial charge in [-0.1, -0.05) is 31.4 Å². The molecule has 1 aliphatic rings. The van der Waals surface area contributed by atoms with Crippen LogP contribution in [0.4, 0.5) is 0 Å². The van der Waals surface area contributed by atoms with Crippen molar-refractivity contribution in [2.75, 3.05) is 0 Å². The number of halogens is 1. The first-order chi connectivity index (χ1) is 6.71. The Morgan fingerprint density at radius 3 is 2.50 bits per heavy atom. The predicted molar refractivity (Wildman–Crippen MR) is 68.1 cm³/mol. The fourth-order valence-corrected chi connectivity index (χ4v) is 2.81. The molecule has 0 saturated heterocycles. The highest BCUT2D eigenvalue weighted by Crippen LogP contribution is 2.34. The molecule has 14 heavy (non-hydrogen) atoms. The van der Waals surface area contributed by atoms with Crippen LogP contribution in [0.2, 0.25) is 0 Å². The Morgan fingerprint density at radius 1 is 1.14 bits per heavy atom. The maximum Gasteiger partial charge on any atom is 0.0410 e. The molecule has 0 bridgehead atoms. The molecule has 0 amide bonds. The molecule has 1 aromatic carbocycles. The minimum Gasteiger partial charge on any atom is -0.321 e. The lowest BCUT2D eigenvalue weighted by atomic mass is 9.77. The van der Waals surface area contributed by atoms with E-state index in [0.717, 1.165) is 12.8 Å². The van der Waals surface area contributed by atoms with Gasteiger partial charge in [0.1, 0.15) is 0 Å². The van der Waals surface area contributed by atoms with E-state index < -0.39 is 0 Å². The molecule has 1 nitrogen and oxygen atoms in total. The van der Waals surface area contributed by atoms with E-state index in [9.17, 15) is 0 Å². The second-order valence-electron chi connectivity index (χ2n) is 4.23. The normalized spacial score (nSPS) is 20.7. The molecule has 0 spiro atoms. The van der Waals surface area contributed by atoms with Crippen LogP contribution < -0.4 is 5.73 Å². The SMILES string of the molecule is NC1(c2cccc(I)c2)CCCCC1. The smallest absolute Gasteiger partial charge is 0.0410 e. The molecule has 1 fully saturated rings. The molecule has 0 heterocycles. The van der Waals surface area contributed by atoms with Crippen LogP contribution in [0.3, 0.4) is 0 Å². The van der Waals surface area contributed by atoms with Crippen LogP contribution in [0.15, 0.2) is 24.3 Å². The molecular formula is C12H16IN. The summed E-state index contributed by atoms with van der Waals surface area (Å²) in [7, 11) is 0. The maximum absolute atomic E-state index is 6.45. The Bertz CT molecular complexity index is 316. The summed E-state index contributed by atoms with van der Waals surface area (Å²) < 4.78 is 1.29. The molecular weight excluding hydrogens is 285 g/mol. The molecule has 2 heteroatoms. The average molecular weight is 301 g/mol. The van der Waals surface area contributed by atoms with Gasteiger partial charge in [0.25, 0.3) is 0 Å². The van der Waals surface area contributed by atoms with Gasteiger partial charge >= 0.3 is 0 Å². The summed E-state index contributed by atoms with van der Waals surface area (Å²) in [5, 5.41) is 0. The van der Waals surface area contributed by atoms with Crippen molar-refractivity contribution in [1.29, 1.82) is 0 Å². The molecule has 0 aliphatic heterocycles. The lowest BCUT2D eigenvalue weighted by molar-refractivity contribution is 0.302. The molecule has 0 aromatic heterocycles. The molecule has 1 aromatic rings. The Kier molecular flexibility index (Phi) is 3.12. The van der Waals surface area contributed by atoms with Gasteiger partial charge in [-0.2, -0.15) is 0 Å². The summed E-state index contributed by atoms with van der Waals surface area (Å²) in [6.07, 6.45) is 6.20. The van der Waals surface area contributed by atoms with E-state index in [1.54, 1.807) is 0 Å². The number of hydrogen-bond donors (Lipinski definition) is 1. The van der Waals surface area contributed by atoms with Gasteiger partial charge in [0.15, 0.2) is 0 Å². The second-order valence-corrected chi connectivity index (χ2v) is 5.47. The molecule has 1 aliphatic carbocycles. The van der Waals surface area contributed by atoms with E-state index in [1.165, 1.54) is 28.4 Å². The van der Waals surface area contributed by atoms with E-state index in [4.69, 9.17) is 5.73 Å². The quantitative estimate of drug-likeness (QED) is 0.790. The fraction of sp³-hybridized carbons (Fsp3) is 0.500. The van der Waals surface area contributed by atoms with Gasteiger partial charge in [-0.05, 0) is 53.1 Å². The summed E-state index contributed by atoms with van der Waals surface area (Å²) in [4.78, 5) is 0. The fourth-order valence-electron chi connectivity index (χ4n) is 2.27. The second kappa shape index (κ2) is 4.19. The Hall–Kier alpha value is -0.0900. The third-order valence-corrected chi connectivity index (χ3v) is 3.82. The lowest BCUT2D eigenvalue weighted by Gasteiger charge is -2.34. The van der Waals surface area contributed by atoms with E-state index >= 15 is 0 Å². The van der Waals surface area contributed by atoms with Gasteiger partial charge in [0, 0.05) is 9.11 Å². The van der Waals surface area contributed by atoms with Crippen LogP contribution in [0.5, 0.6) is 0 Å². The summed E-state index contributed by atoms with van der Waals surface area (Å²) in [5.74, 6) is 0. The van der Waals surface area contributed by atoms with Crippen LogP contribution in [-0.4, -0.2) is 0 Å². The zero-order chi connectivity index (χ0) is 10.0. The van der Waals surface area contributed by atoms with E-state index in [2.05, 4.69) is 46.9 Å². The number of hydrogen-bond acceptors (Lipinski definition) is 1. The standard InChI is InChI=1S/C12H16IN/c13-11-6-4-5-10(9-11)12(14)7-2-1-3-8-12/h4-6,9H,1-3,7-8,14H2. The highest BCUT2D eigenvalue weighted by atomic mass is 127. The molecule has 0 unspecified atom stereocenters. The summed E-state index contributed by atoms with van der Waals surface area (Å²) >= 11 is 2.35. The third kappa shape index (κ3) is 2.11. The van der Waals surface area contributed by atoms with Crippen LogP contribution in [-0.2, 0) is 5.54 Å². The largest absolute Gasteiger partial charge is 0.321 e. The number of nitrogens with two attached hydrogens (primary N) is 1. The number of rotatable bonds is 1. The van der Waals surface area contributed by atoms with Crippen molar-refractivity contribution in [3.8, 4) is 0 Å². The van der Waals surface area contributed by atoms with E-state index in [1.807, 2.05) is 0 Å². The first kappa shape index (κ1) is 10.4. The van der Waals surface area contributed by atoms with Gasteiger partial charge in [0.05, 0.1) is 0 Å². The Balaban J connectivity index is 2.28. The maximum atomic E-state index is 6.45. The average Bonchev–Trinajstić information content (AvgIpc) is 2.19. The Labute approximate surface area is 99.2 Å². The third-order valence-electron chi connectivity index (χ3n) is 3.15. The first-order valence-corrected chi connectivity index (χ1v) is 6.33. The highest BCUT2D eigenvalue weighted by Gasteiger charge is 2.29. The van der Waals surface area contributed by atoms with Gasteiger partial charge < -0.3 is 5.73 Å². The minimum atomic E-state index is -0.0422. The van der Waals surface area contributed by atoms with Crippen LogP contribution in [0, 0.1) is 3.57 Å². The van der Waals surface area contributed by atoms with Crippen LogP contribution >= 0.6 is 22.6 Å².